The predicted octanol–water partition coefficient (Wildman–Crippen LogP) is 0.678. The molecule has 2 aromatic rings. The highest BCUT2D eigenvalue weighted by Gasteiger charge is 2.09. The molecule has 0 spiro atoms. The van der Waals surface area contributed by atoms with Gasteiger partial charge in [0.05, 0.1) is 30.4 Å². The van der Waals surface area contributed by atoms with Crippen LogP contribution in [0.4, 0.5) is 5.69 Å². The van der Waals surface area contributed by atoms with E-state index in [4.69, 9.17) is 4.74 Å². The minimum absolute atomic E-state index is 0.0140. The molecule has 1 aromatic carbocycles. The van der Waals surface area contributed by atoms with Crippen LogP contribution in [0.5, 0.6) is 0 Å². The Kier molecular flexibility index (Phi) is 4.17. The SMILES string of the molecule is Cn1cnc2cc(NCCN3CCOCC3)ccc2c1=O. The molecule has 2 heterocycles. The second-order valence-corrected chi connectivity index (χ2v) is 5.27. The van der Waals surface area contributed by atoms with Crippen molar-refractivity contribution in [3.8, 4) is 0 Å². The van der Waals surface area contributed by atoms with Crippen LogP contribution in [0, 0.1) is 0 Å². The zero-order chi connectivity index (χ0) is 14.7. The van der Waals surface area contributed by atoms with Gasteiger partial charge >= 0.3 is 0 Å². The molecule has 3 rings (SSSR count). The minimum atomic E-state index is -0.0140. The number of anilines is 1. The number of nitrogens with zero attached hydrogens (tertiary/aromatic N) is 3. The van der Waals surface area contributed by atoms with Crippen molar-refractivity contribution in [2.24, 2.45) is 7.05 Å². The molecule has 0 atom stereocenters. The van der Waals surface area contributed by atoms with Gasteiger partial charge in [0.1, 0.15) is 0 Å². The van der Waals surface area contributed by atoms with E-state index in [1.54, 1.807) is 13.4 Å². The van der Waals surface area contributed by atoms with E-state index in [1.807, 2.05) is 18.2 Å². The highest BCUT2D eigenvalue weighted by atomic mass is 16.5. The van der Waals surface area contributed by atoms with Crippen molar-refractivity contribution >= 4 is 16.6 Å². The quantitative estimate of drug-likeness (QED) is 0.896. The largest absolute Gasteiger partial charge is 0.384 e. The Balaban J connectivity index is 1.64. The fourth-order valence-electron chi connectivity index (χ4n) is 2.50. The van der Waals surface area contributed by atoms with E-state index in [0.717, 1.165) is 50.6 Å². The molecule has 6 nitrogen and oxygen atoms in total. The van der Waals surface area contributed by atoms with Gasteiger partial charge in [-0.05, 0) is 18.2 Å². The van der Waals surface area contributed by atoms with Gasteiger partial charge in [-0.25, -0.2) is 4.98 Å². The van der Waals surface area contributed by atoms with Gasteiger partial charge in [0.25, 0.3) is 5.56 Å². The summed E-state index contributed by atoms with van der Waals surface area (Å²) < 4.78 is 6.83. The molecule has 0 amide bonds. The Bertz CT molecular complexity index is 677. The summed E-state index contributed by atoms with van der Waals surface area (Å²) in [5.74, 6) is 0. The monoisotopic (exact) mass is 288 g/mol. The summed E-state index contributed by atoms with van der Waals surface area (Å²) in [5, 5.41) is 4.04. The van der Waals surface area contributed by atoms with Crippen LogP contribution in [0.25, 0.3) is 10.9 Å². The molecule has 1 aliphatic rings. The fourth-order valence-corrected chi connectivity index (χ4v) is 2.50. The van der Waals surface area contributed by atoms with Gasteiger partial charge in [-0.1, -0.05) is 0 Å². The Labute approximate surface area is 123 Å². The molecule has 0 unspecified atom stereocenters. The van der Waals surface area contributed by atoms with Crippen molar-refractivity contribution in [3.63, 3.8) is 0 Å². The normalized spacial score (nSPS) is 16.2. The van der Waals surface area contributed by atoms with Gasteiger partial charge in [0, 0.05) is 38.9 Å². The highest BCUT2D eigenvalue weighted by Crippen LogP contribution is 2.14. The number of ether oxygens (including phenoxy) is 1. The predicted molar refractivity (Wildman–Crippen MR) is 82.7 cm³/mol. The van der Waals surface area contributed by atoms with Crippen molar-refractivity contribution in [3.05, 3.63) is 34.9 Å². The molecule has 1 saturated heterocycles. The van der Waals surface area contributed by atoms with E-state index in [2.05, 4.69) is 15.2 Å². The number of hydrogen-bond donors (Lipinski definition) is 1. The summed E-state index contributed by atoms with van der Waals surface area (Å²) in [4.78, 5) is 18.6. The highest BCUT2D eigenvalue weighted by molar-refractivity contribution is 5.81. The lowest BCUT2D eigenvalue weighted by Crippen LogP contribution is -2.39. The Hall–Kier alpha value is -1.92. The van der Waals surface area contributed by atoms with Crippen LogP contribution in [0.3, 0.4) is 0 Å². The number of morpholine rings is 1. The Morgan fingerprint density at radius 1 is 1.33 bits per heavy atom. The van der Waals surface area contributed by atoms with E-state index in [0.29, 0.717) is 5.39 Å². The maximum Gasteiger partial charge on any atom is 0.260 e. The maximum absolute atomic E-state index is 11.9. The minimum Gasteiger partial charge on any atom is -0.384 e. The standard InChI is InChI=1S/C15H20N4O2/c1-18-11-17-14-10-12(2-3-13(14)15(18)20)16-4-5-19-6-8-21-9-7-19/h2-3,10-11,16H,4-9H2,1H3. The average Bonchev–Trinajstić information content (AvgIpc) is 2.52. The van der Waals surface area contributed by atoms with Crippen LogP contribution in [0.15, 0.2) is 29.3 Å². The van der Waals surface area contributed by atoms with E-state index >= 15 is 0 Å². The van der Waals surface area contributed by atoms with Crippen LogP contribution in [-0.4, -0.2) is 53.8 Å². The van der Waals surface area contributed by atoms with E-state index < -0.39 is 0 Å². The molecular weight excluding hydrogens is 268 g/mol. The number of nitrogens with one attached hydrogen (secondary N) is 1. The molecule has 1 N–H and O–H groups in total. The number of aryl methyl sites for hydroxylation is 1. The number of fused-ring (bicyclic) bond motifs is 1. The molecular formula is C15H20N4O2. The maximum atomic E-state index is 11.9. The first-order chi connectivity index (χ1) is 10.2. The molecule has 0 radical (unpaired) electrons. The Morgan fingerprint density at radius 3 is 2.95 bits per heavy atom. The molecule has 1 fully saturated rings. The third-order valence-corrected chi connectivity index (χ3v) is 3.78. The van der Waals surface area contributed by atoms with Crippen LogP contribution >= 0.6 is 0 Å². The smallest absolute Gasteiger partial charge is 0.260 e. The summed E-state index contributed by atoms with van der Waals surface area (Å²) >= 11 is 0. The summed E-state index contributed by atoms with van der Waals surface area (Å²) in [6.45, 7) is 5.50. The van der Waals surface area contributed by atoms with Gasteiger partial charge in [0.2, 0.25) is 0 Å². The number of aromatic nitrogens is 2. The zero-order valence-corrected chi connectivity index (χ0v) is 12.2. The molecule has 112 valence electrons. The van der Waals surface area contributed by atoms with Gasteiger partial charge < -0.3 is 14.6 Å². The second kappa shape index (κ2) is 6.24. The Morgan fingerprint density at radius 2 is 2.14 bits per heavy atom. The van der Waals surface area contributed by atoms with E-state index in [-0.39, 0.29) is 5.56 Å². The molecule has 0 aliphatic carbocycles. The van der Waals surface area contributed by atoms with Crippen molar-refractivity contribution in [1.82, 2.24) is 14.5 Å². The molecule has 0 bridgehead atoms. The van der Waals surface area contributed by atoms with Gasteiger partial charge in [-0.15, -0.1) is 0 Å². The fraction of sp³-hybridized carbons (Fsp3) is 0.467. The van der Waals surface area contributed by atoms with Crippen molar-refractivity contribution < 1.29 is 4.74 Å². The van der Waals surface area contributed by atoms with Crippen LogP contribution in [-0.2, 0) is 11.8 Å². The molecule has 6 heteroatoms. The van der Waals surface area contributed by atoms with Crippen molar-refractivity contribution in [2.45, 2.75) is 0 Å². The third kappa shape index (κ3) is 3.22. The van der Waals surface area contributed by atoms with Crippen LogP contribution in [0.1, 0.15) is 0 Å². The average molecular weight is 288 g/mol. The first-order valence-corrected chi connectivity index (χ1v) is 7.23. The second-order valence-electron chi connectivity index (χ2n) is 5.27. The summed E-state index contributed by atoms with van der Waals surface area (Å²) in [6, 6.07) is 5.70. The number of rotatable bonds is 4. The number of benzene rings is 1. The van der Waals surface area contributed by atoms with Crippen LogP contribution < -0.4 is 10.9 Å². The summed E-state index contributed by atoms with van der Waals surface area (Å²) in [5.41, 5.74) is 1.71. The number of hydrogen-bond acceptors (Lipinski definition) is 5. The van der Waals surface area contributed by atoms with Gasteiger partial charge in [0.15, 0.2) is 0 Å². The molecule has 1 aromatic heterocycles. The topological polar surface area (TPSA) is 59.4 Å². The van der Waals surface area contributed by atoms with E-state index in [1.165, 1.54) is 4.57 Å². The first-order valence-electron chi connectivity index (χ1n) is 7.23. The third-order valence-electron chi connectivity index (χ3n) is 3.78. The van der Waals surface area contributed by atoms with E-state index in [9.17, 15) is 4.79 Å². The molecule has 21 heavy (non-hydrogen) atoms. The van der Waals surface area contributed by atoms with Gasteiger partial charge in [-0.2, -0.15) is 0 Å². The lowest BCUT2D eigenvalue weighted by Gasteiger charge is -2.26. The lowest BCUT2D eigenvalue weighted by atomic mass is 10.2. The first kappa shape index (κ1) is 14.0. The molecule has 1 aliphatic heterocycles. The van der Waals surface area contributed by atoms with Gasteiger partial charge in [-0.3, -0.25) is 9.69 Å². The van der Waals surface area contributed by atoms with Crippen molar-refractivity contribution in [2.75, 3.05) is 44.7 Å². The summed E-state index contributed by atoms with van der Waals surface area (Å²) in [6.07, 6.45) is 1.56. The van der Waals surface area contributed by atoms with Crippen molar-refractivity contribution in [1.29, 1.82) is 0 Å². The lowest BCUT2D eigenvalue weighted by molar-refractivity contribution is 0.0398. The molecule has 0 saturated carbocycles. The summed E-state index contributed by atoms with van der Waals surface area (Å²) in [7, 11) is 1.71. The van der Waals surface area contributed by atoms with Crippen LogP contribution in [0.2, 0.25) is 0 Å². The zero-order valence-electron chi connectivity index (χ0n) is 12.2.